The third kappa shape index (κ3) is 4.00. The summed E-state index contributed by atoms with van der Waals surface area (Å²) in [5.41, 5.74) is 3.81. The van der Waals surface area contributed by atoms with Gasteiger partial charge in [0.05, 0.1) is 22.8 Å². The Kier molecular flexibility index (Phi) is 5.48. The Bertz CT molecular complexity index is 901. The maximum absolute atomic E-state index is 12.0. The van der Waals surface area contributed by atoms with Crippen molar-refractivity contribution in [2.75, 3.05) is 6.54 Å². The molecule has 7 heteroatoms. The normalized spacial score (nSPS) is 10.5. The van der Waals surface area contributed by atoms with Crippen LogP contribution >= 0.6 is 11.3 Å². The first-order valence-corrected chi connectivity index (χ1v) is 9.13. The fourth-order valence-electron chi connectivity index (χ4n) is 2.66. The molecule has 0 aliphatic carbocycles. The molecule has 0 aliphatic rings. The smallest absolute Gasteiger partial charge is 0.261 e. The van der Waals surface area contributed by atoms with Gasteiger partial charge < -0.3 is 10.6 Å². The van der Waals surface area contributed by atoms with E-state index in [-0.39, 0.29) is 18.4 Å². The highest BCUT2D eigenvalue weighted by atomic mass is 32.1. The SMILES string of the molecule is Cc1nn(-c2ccccc2)c(C)c1CNC(=O)CNC(=O)c1cccs1. The molecule has 2 heterocycles. The van der Waals surface area contributed by atoms with E-state index in [1.807, 2.05) is 54.2 Å². The summed E-state index contributed by atoms with van der Waals surface area (Å²) in [7, 11) is 0. The number of hydrogen-bond acceptors (Lipinski definition) is 4. The van der Waals surface area contributed by atoms with Gasteiger partial charge in [0.2, 0.25) is 5.91 Å². The molecule has 0 saturated heterocycles. The lowest BCUT2D eigenvalue weighted by Gasteiger charge is -2.08. The number of hydrogen-bond donors (Lipinski definition) is 2. The standard InChI is InChI=1S/C19H20N4O2S/c1-13-16(14(2)23(22-13)15-7-4-3-5-8-15)11-20-18(24)12-21-19(25)17-9-6-10-26-17/h3-10H,11-12H2,1-2H3,(H,20,24)(H,21,25). The first kappa shape index (κ1) is 17.9. The van der Waals surface area contributed by atoms with E-state index in [2.05, 4.69) is 15.7 Å². The molecule has 3 aromatic rings. The molecule has 1 aromatic carbocycles. The van der Waals surface area contributed by atoms with Crippen LogP contribution in [0, 0.1) is 13.8 Å². The molecular formula is C19H20N4O2S. The van der Waals surface area contributed by atoms with Crippen molar-refractivity contribution in [3.63, 3.8) is 0 Å². The van der Waals surface area contributed by atoms with Crippen molar-refractivity contribution in [1.29, 1.82) is 0 Å². The summed E-state index contributed by atoms with van der Waals surface area (Å²) in [5, 5.41) is 11.9. The zero-order chi connectivity index (χ0) is 18.5. The van der Waals surface area contributed by atoms with Crippen LogP contribution in [0.3, 0.4) is 0 Å². The minimum Gasteiger partial charge on any atom is -0.350 e. The van der Waals surface area contributed by atoms with Gasteiger partial charge in [-0.15, -0.1) is 11.3 Å². The van der Waals surface area contributed by atoms with Gasteiger partial charge in [-0.3, -0.25) is 9.59 Å². The predicted octanol–water partition coefficient (Wildman–Crippen LogP) is 2.60. The minimum atomic E-state index is -0.237. The van der Waals surface area contributed by atoms with Crippen LogP contribution in [0.25, 0.3) is 5.69 Å². The molecule has 0 bridgehead atoms. The maximum Gasteiger partial charge on any atom is 0.261 e. The molecule has 0 radical (unpaired) electrons. The second-order valence-corrected chi connectivity index (χ2v) is 6.78. The van der Waals surface area contributed by atoms with Gasteiger partial charge in [0, 0.05) is 17.8 Å². The third-order valence-corrected chi connectivity index (χ3v) is 4.93. The van der Waals surface area contributed by atoms with Crippen LogP contribution < -0.4 is 10.6 Å². The highest BCUT2D eigenvalue weighted by Gasteiger charge is 2.14. The fourth-order valence-corrected chi connectivity index (χ4v) is 3.30. The lowest BCUT2D eigenvalue weighted by atomic mass is 10.2. The largest absolute Gasteiger partial charge is 0.350 e. The molecule has 0 saturated carbocycles. The number of nitrogens with zero attached hydrogens (tertiary/aromatic N) is 2. The van der Waals surface area contributed by atoms with Gasteiger partial charge in [0.1, 0.15) is 0 Å². The van der Waals surface area contributed by atoms with E-state index in [9.17, 15) is 9.59 Å². The van der Waals surface area contributed by atoms with Gasteiger partial charge in [0.15, 0.2) is 0 Å². The summed E-state index contributed by atoms with van der Waals surface area (Å²) in [5.74, 6) is -0.472. The maximum atomic E-state index is 12.0. The Morgan fingerprint density at radius 1 is 1.08 bits per heavy atom. The monoisotopic (exact) mass is 368 g/mol. The topological polar surface area (TPSA) is 76.0 Å². The minimum absolute atomic E-state index is 0.0539. The molecule has 134 valence electrons. The average Bonchev–Trinajstić information content (AvgIpc) is 3.28. The molecule has 0 unspecified atom stereocenters. The number of nitrogens with one attached hydrogen (secondary N) is 2. The van der Waals surface area contributed by atoms with E-state index >= 15 is 0 Å². The van der Waals surface area contributed by atoms with E-state index in [1.54, 1.807) is 12.1 Å². The van der Waals surface area contributed by atoms with Crippen molar-refractivity contribution < 1.29 is 9.59 Å². The number of carbonyl (C=O) groups excluding carboxylic acids is 2. The number of aryl methyl sites for hydroxylation is 1. The Hall–Kier alpha value is -2.93. The Morgan fingerprint density at radius 2 is 1.85 bits per heavy atom. The van der Waals surface area contributed by atoms with Crippen molar-refractivity contribution in [3.8, 4) is 5.69 Å². The van der Waals surface area contributed by atoms with E-state index in [1.165, 1.54) is 11.3 Å². The predicted molar refractivity (Wildman–Crippen MR) is 102 cm³/mol. The van der Waals surface area contributed by atoms with Crippen molar-refractivity contribution in [2.24, 2.45) is 0 Å². The quantitative estimate of drug-likeness (QED) is 0.702. The number of amides is 2. The van der Waals surface area contributed by atoms with Crippen LogP contribution in [0.5, 0.6) is 0 Å². The summed E-state index contributed by atoms with van der Waals surface area (Å²) < 4.78 is 1.87. The molecule has 0 aliphatic heterocycles. The van der Waals surface area contributed by atoms with Crippen molar-refractivity contribution in [1.82, 2.24) is 20.4 Å². The van der Waals surface area contributed by atoms with E-state index < -0.39 is 0 Å². The number of para-hydroxylation sites is 1. The summed E-state index contributed by atoms with van der Waals surface area (Å²) in [4.78, 5) is 24.5. The van der Waals surface area contributed by atoms with Gasteiger partial charge in [-0.25, -0.2) is 4.68 Å². The van der Waals surface area contributed by atoms with Crippen molar-refractivity contribution >= 4 is 23.2 Å². The molecule has 3 rings (SSSR count). The van der Waals surface area contributed by atoms with Gasteiger partial charge >= 0.3 is 0 Å². The van der Waals surface area contributed by atoms with Gasteiger partial charge in [-0.2, -0.15) is 5.10 Å². The summed E-state index contributed by atoms with van der Waals surface area (Å²) in [6, 6.07) is 13.4. The molecule has 2 aromatic heterocycles. The van der Waals surface area contributed by atoms with Crippen LogP contribution in [0.1, 0.15) is 26.6 Å². The second-order valence-electron chi connectivity index (χ2n) is 5.83. The van der Waals surface area contributed by atoms with Crippen molar-refractivity contribution in [3.05, 3.63) is 69.7 Å². The Labute approximate surface area is 155 Å². The number of thiophene rings is 1. The fraction of sp³-hybridized carbons (Fsp3) is 0.211. The average molecular weight is 368 g/mol. The Morgan fingerprint density at radius 3 is 2.54 bits per heavy atom. The Balaban J connectivity index is 1.58. The van der Waals surface area contributed by atoms with E-state index in [4.69, 9.17) is 0 Å². The third-order valence-electron chi connectivity index (χ3n) is 4.06. The van der Waals surface area contributed by atoms with Gasteiger partial charge in [0.25, 0.3) is 5.91 Å². The highest BCUT2D eigenvalue weighted by Crippen LogP contribution is 2.17. The lowest BCUT2D eigenvalue weighted by molar-refractivity contribution is -0.120. The second kappa shape index (κ2) is 7.97. The number of aromatic nitrogens is 2. The van der Waals surface area contributed by atoms with Gasteiger partial charge in [-0.1, -0.05) is 24.3 Å². The molecule has 0 spiro atoms. The molecule has 6 nitrogen and oxygen atoms in total. The lowest BCUT2D eigenvalue weighted by Crippen LogP contribution is -2.36. The summed E-state index contributed by atoms with van der Waals surface area (Å²) >= 11 is 1.34. The number of rotatable bonds is 6. The van der Waals surface area contributed by atoms with Crippen LogP contribution in [0.2, 0.25) is 0 Å². The zero-order valence-electron chi connectivity index (χ0n) is 14.7. The highest BCUT2D eigenvalue weighted by molar-refractivity contribution is 7.12. The van der Waals surface area contributed by atoms with Crippen LogP contribution in [-0.4, -0.2) is 28.1 Å². The zero-order valence-corrected chi connectivity index (χ0v) is 15.5. The molecule has 26 heavy (non-hydrogen) atoms. The number of carbonyl (C=O) groups is 2. The molecule has 2 amide bonds. The van der Waals surface area contributed by atoms with E-state index in [0.717, 1.165) is 22.6 Å². The van der Waals surface area contributed by atoms with Gasteiger partial charge in [-0.05, 0) is 37.4 Å². The van der Waals surface area contributed by atoms with Crippen LogP contribution in [-0.2, 0) is 11.3 Å². The molecule has 0 fully saturated rings. The van der Waals surface area contributed by atoms with Crippen LogP contribution in [0.4, 0.5) is 0 Å². The summed E-state index contributed by atoms with van der Waals surface area (Å²) in [6.45, 7) is 4.22. The summed E-state index contributed by atoms with van der Waals surface area (Å²) in [6.07, 6.45) is 0. The molecular weight excluding hydrogens is 348 g/mol. The first-order chi connectivity index (χ1) is 12.6. The molecule has 0 atom stereocenters. The first-order valence-electron chi connectivity index (χ1n) is 8.25. The van der Waals surface area contributed by atoms with E-state index in [0.29, 0.717) is 11.4 Å². The van der Waals surface area contributed by atoms with Crippen molar-refractivity contribution in [2.45, 2.75) is 20.4 Å². The molecule has 2 N–H and O–H groups in total. The number of benzene rings is 1. The van der Waals surface area contributed by atoms with Crippen LogP contribution in [0.15, 0.2) is 47.8 Å².